The smallest absolute Gasteiger partial charge is 0.252 e. The molecule has 0 aliphatic heterocycles. The molecule has 0 aliphatic carbocycles. The molecule has 1 amide bonds. The Bertz CT molecular complexity index is 601. The van der Waals surface area contributed by atoms with E-state index in [1.807, 2.05) is 34.7 Å². The fourth-order valence-electron chi connectivity index (χ4n) is 1.55. The van der Waals surface area contributed by atoms with E-state index in [-0.39, 0.29) is 11.7 Å². The molecule has 0 unspecified atom stereocenters. The summed E-state index contributed by atoms with van der Waals surface area (Å²) in [4.78, 5) is 12.0. The molecular weight excluding hydrogens is 380 g/mol. The molecule has 2 rings (SSSR count). The number of benzene rings is 2. The summed E-state index contributed by atoms with van der Waals surface area (Å²) in [6.07, 6.45) is 0. The summed E-state index contributed by atoms with van der Waals surface area (Å²) >= 11 is 7.72. The van der Waals surface area contributed by atoms with Gasteiger partial charge in [0.15, 0.2) is 0 Å². The predicted molar refractivity (Wildman–Crippen MR) is 81.7 cm³/mol. The van der Waals surface area contributed by atoms with Crippen LogP contribution in [0.5, 0.6) is 0 Å². The molecule has 98 valence electrons. The Kier molecular flexibility index (Phi) is 4.76. The van der Waals surface area contributed by atoms with E-state index < -0.39 is 0 Å². The third-order valence-corrected chi connectivity index (χ3v) is 3.69. The van der Waals surface area contributed by atoms with Crippen LogP contribution in [0.4, 0.5) is 4.39 Å². The largest absolute Gasteiger partial charge is 0.348 e. The van der Waals surface area contributed by atoms with Crippen LogP contribution in [0.3, 0.4) is 0 Å². The van der Waals surface area contributed by atoms with Crippen LogP contribution in [0, 0.1) is 9.39 Å². The number of amides is 1. The van der Waals surface area contributed by atoms with Crippen molar-refractivity contribution in [1.82, 2.24) is 5.32 Å². The normalized spacial score (nSPS) is 10.3. The van der Waals surface area contributed by atoms with E-state index in [2.05, 4.69) is 5.32 Å². The van der Waals surface area contributed by atoms with Crippen molar-refractivity contribution in [3.8, 4) is 0 Å². The molecule has 0 fully saturated rings. The lowest BCUT2D eigenvalue weighted by Crippen LogP contribution is -2.23. The summed E-state index contributed by atoms with van der Waals surface area (Å²) in [5, 5.41) is 3.44. The van der Waals surface area contributed by atoms with Crippen LogP contribution < -0.4 is 5.32 Å². The first kappa shape index (κ1) is 14.3. The molecule has 0 atom stereocenters. The van der Waals surface area contributed by atoms with E-state index in [4.69, 9.17) is 11.6 Å². The van der Waals surface area contributed by atoms with Gasteiger partial charge in [-0.25, -0.2) is 4.39 Å². The van der Waals surface area contributed by atoms with Crippen LogP contribution in [-0.2, 0) is 6.54 Å². The molecular formula is C14H10ClFINO. The molecule has 0 radical (unpaired) electrons. The van der Waals surface area contributed by atoms with Gasteiger partial charge in [0.2, 0.25) is 0 Å². The van der Waals surface area contributed by atoms with E-state index in [0.29, 0.717) is 20.7 Å². The van der Waals surface area contributed by atoms with Crippen LogP contribution >= 0.6 is 34.2 Å². The fourth-order valence-corrected chi connectivity index (χ4v) is 2.40. The van der Waals surface area contributed by atoms with Gasteiger partial charge in [0.05, 0.1) is 5.56 Å². The number of hydrogen-bond acceptors (Lipinski definition) is 1. The highest BCUT2D eigenvalue weighted by Gasteiger charge is 2.10. The summed E-state index contributed by atoms with van der Waals surface area (Å²) in [5.41, 5.74) is 1.42. The van der Waals surface area contributed by atoms with Crippen molar-refractivity contribution in [2.45, 2.75) is 6.54 Å². The van der Waals surface area contributed by atoms with Crippen molar-refractivity contribution in [2.75, 3.05) is 0 Å². The first-order chi connectivity index (χ1) is 9.06. The molecule has 2 aromatic rings. The minimum atomic E-state index is -0.348. The van der Waals surface area contributed by atoms with Gasteiger partial charge in [-0.05, 0) is 58.5 Å². The van der Waals surface area contributed by atoms with E-state index in [1.165, 1.54) is 18.2 Å². The topological polar surface area (TPSA) is 29.1 Å². The second kappa shape index (κ2) is 6.34. The van der Waals surface area contributed by atoms with Gasteiger partial charge in [-0.2, -0.15) is 0 Å². The number of halogens is 3. The number of carbonyl (C=O) groups excluding carboxylic acids is 1. The van der Waals surface area contributed by atoms with Gasteiger partial charge in [0.25, 0.3) is 5.91 Å². The van der Waals surface area contributed by atoms with Crippen molar-refractivity contribution in [3.63, 3.8) is 0 Å². The second-order valence-corrected chi connectivity index (χ2v) is 5.53. The fraction of sp³-hybridized carbons (Fsp3) is 0.0714. The molecule has 0 heterocycles. The van der Waals surface area contributed by atoms with Crippen molar-refractivity contribution in [2.24, 2.45) is 0 Å². The molecule has 0 aliphatic rings. The Morgan fingerprint density at radius 3 is 2.53 bits per heavy atom. The van der Waals surface area contributed by atoms with Crippen molar-refractivity contribution in [1.29, 1.82) is 0 Å². The lowest BCUT2D eigenvalue weighted by Gasteiger charge is -2.07. The lowest BCUT2D eigenvalue weighted by atomic mass is 10.2. The average molecular weight is 390 g/mol. The van der Waals surface area contributed by atoms with Crippen molar-refractivity contribution in [3.05, 3.63) is 68.0 Å². The molecule has 0 spiro atoms. The van der Waals surface area contributed by atoms with Crippen LogP contribution in [0.2, 0.25) is 5.02 Å². The molecule has 0 aromatic heterocycles. The second-order valence-electron chi connectivity index (χ2n) is 3.93. The Morgan fingerprint density at radius 2 is 1.89 bits per heavy atom. The molecule has 2 nitrogen and oxygen atoms in total. The molecule has 0 saturated heterocycles. The number of hydrogen-bond donors (Lipinski definition) is 1. The SMILES string of the molecule is O=C(NCc1ccc(Cl)cc1)c1ccc(F)cc1I. The van der Waals surface area contributed by atoms with E-state index in [1.54, 1.807) is 12.1 Å². The maximum atomic E-state index is 13.0. The maximum absolute atomic E-state index is 13.0. The number of carbonyl (C=O) groups is 1. The quantitative estimate of drug-likeness (QED) is 0.790. The summed E-state index contributed by atoms with van der Waals surface area (Å²) in [7, 11) is 0. The zero-order chi connectivity index (χ0) is 13.8. The summed E-state index contributed by atoms with van der Waals surface area (Å²) in [6.45, 7) is 0.406. The third-order valence-electron chi connectivity index (χ3n) is 2.54. The molecule has 19 heavy (non-hydrogen) atoms. The van der Waals surface area contributed by atoms with E-state index in [9.17, 15) is 9.18 Å². The van der Waals surface area contributed by atoms with Crippen LogP contribution in [0.15, 0.2) is 42.5 Å². The van der Waals surface area contributed by atoms with Gasteiger partial charge in [-0.1, -0.05) is 23.7 Å². The van der Waals surface area contributed by atoms with E-state index in [0.717, 1.165) is 5.56 Å². The zero-order valence-corrected chi connectivity index (χ0v) is 12.7. The summed E-state index contributed by atoms with van der Waals surface area (Å²) in [6, 6.07) is 11.3. The maximum Gasteiger partial charge on any atom is 0.252 e. The van der Waals surface area contributed by atoms with Gasteiger partial charge in [-0.3, -0.25) is 4.79 Å². The van der Waals surface area contributed by atoms with E-state index >= 15 is 0 Å². The molecule has 2 aromatic carbocycles. The minimum absolute atomic E-state index is 0.223. The Balaban J connectivity index is 2.03. The minimum Gasteiger partial charge on any atom is -0.348 e. The monoisotopic (exact) mass is 389 g/mol. The zero-order valence-electron chi connectivity index (χ0n) is 9.79. The van der Waals surface area contributed by atoms with Crippen LogP contribution in [0.25, 0.3) is 0 Å². The average Bonchev–Trinajstić information content (AvgIpc) is 2.37. The predicted octanol–water partition coefficient (Wildman–Crippen LogP) is 4.01. The van der Waals surface area contributed by atoms with Crippen molar-refractivity contribution < 1.29 is 9.18 Å². The van der Waals surface area contributed by atoms with Gasteiger partial charge in [0.1, 0.15) is 5.82 Å². The first-order valence-electron chi connectivity index (χ1n) is 5.54. The third kappa shape index (κ3) is 3.91. The Morgan fingerprint density at radius 1 is 1.21 bits per heavy atom. The van der Waals surface area contributed by atoms with Gasteiger partial charge in [0, 0.05) is 15.1 Å². The van der Waals surface area contributed by atoms with Crippen molar-refractivity contribution >= 4 is 40.1 Å². The number of rotatable bonds is 3. The highest BCUT2D eigenvalue weighted by atomic mass is 127. The summed E-state index contributed by atoms with van der Waals surface area (Å²) < 4.78 is 13.5. The molecule has 0 saturated carbocycles. The Labute approximate surface area is 129 Å². The van der Waals surface area contributed by atoms with Crippen LogP contribution in [0.1, 0.15) is 15.9 Å². The highest BCUT2D eigenvalue weighted by molar-refractivity contribution is 14.1. The lowest BCUT2D eigenvalue weighted by molar-refractivity contribution is 0.0950. The molecule has 0 bridgehead atoms. The van der Waals surface area contributed by atoms with Gasteiger partial charge >= 0.3 is 0 Å². The summed E-state index contributed by atoms with van der Waals surface area (Å²) in [5.74, 6) is -0.571. The van der Waals surface area contributed by atoms with Gasteiger partial charge < -0.3 is 5.32 Å². The molecule has 5 heteroatoms. The number of nitrogens with one attached hydrogen (secondary N) is 1. The standard InChI is InChI=1S/C14H10ClFINO/c15-10-3-1-9(2-4-10)8-18-14(19)12-6-5-11(16)7-13(12)17/h1-7H,8H2,(H,18,19). The Hall–Kier alpha value is -1.14. The van der Waals surface area contributed by atoms with Gasteiger partial charge in [-0.15, -0.1) is 0 Å². The first-order valence-corrected chi connectivity index (χ1v) is 6.99. The highest BCUT2D eigenvalue weighted by Crippen LogP contribution is 2.14. The molecule has 1 N–H and O–H groups in total. The van der Waals surface area contributed by atoms with Crippen LogP contribution in [-0.4, -0.2) is 5.91 Å².